The summed E-state index contributed by atoms with van der Waals surface area (Å²) in [5.41, 5.74) is 6.03. The smallest absolute Gasteiger partial charge is 0.311 e. The summed E-state index contributed by atoms with van der Waals surface area (Å²) in [6.45, 7) is 0. The number of aromatic nitrogens is 5. The molecule has 0 bridgehead atoms. The number of hydrogen-bond acceptors (Lipinski definition) is 7. The molecule has 1 atom stereocenters. The number of nitrogens with zero attached hydrogens (tertiary/aromatic N) is 6. The Morgan fingerprint density at radius 1 is 1.15 bits per heavy atom. The van der Waals surface area contributed by atoms with Gasteiger partial charge in [-0.2, -0.15) is 10.4 Å². The number of para-hydroxylation sites is 2. The Balaban J connectivity index is 1.55. The predicted octanol–water partition coefficient (Wildman–Crippen LogP) is 3.07. The average molecular weight is 454 g/mol. The van der Waals surface area contributed by atoms with Gasteiger partial charge in [0.05, 0.1) is 55.4 Å². The Hall–Kier alpha value is -4.45. The number of esters is 1. The van der Waals surface area contributed by atoms with E-state index in [0.717, 1.165) is 34.0 Å². The van der Waals surface area contributed by atoms with Crippen molar-refractivity contribution in [1.29, 1.82) is 5.26 Å². The Morgan fingerprint density at radius 2 is 1.94 bits per heavy atom. The second-order valence-corrected chi connectivity index (χ2v) is 8.05. The number of carbonyl (C=O) groups is 1. The molecule has 0 radical (unpaired) electrons. The van der Waals surface area contributed by atoms with Crippen molar-refractivity contribution >= 4 is 5.97 Å². The normalized spacial score (nSPS) is 14.4. The van der Waals surface area contributed by atoms with Gasteiger partial charge in [-0.25, -0.2) is 9.36 Å². The van der Waals surface area contributed by atoms with Crippen molar-refractivity contribution < 1.29 is 14.3 Å². The van der Waals surface area contributed by atoms with E-state index in [1.807, 2.05) is 53.2 Å². The first kappa shape index (κ1) is 21.4. The molecular weight excluding hydrogens is 432 g/mol. The largest absolute Gasteiger partial charge is 0.494 e. The molecule has 0 unspecified atom stereocenters. The maximum atomic E-state index is 11.6. The van der Waals surface area contributed by atoms with Crippen molar-refractivity contribution in [2.24, 2.45) is 0 Å². The molecule has 0 fully saturated rings. The van der Waals surface area contributed by atoms with E-state index in [4.69, 9.17) is 14.6 Å². The lowest BCUT2D eigenvalue weighted by Crippen LogP contribution is -2.12. The van der Waals surface area contributed by atoms with Crippen LogP contribution in [0.15, 0.2) is 54.7 Å². The second-order valence-electron chi connectivity index (χ2n) is 8.05. The standard InChI is InChI=1S/C25H22N6O3/c1-33-23-6-4-3-5-22(23)31-25(17-9-7-16(14-26)8-10-17)20-12-19(13-21(20)28-31)30-15-18(27-29-30)11-24(32)34-2/h3-10,15,19H,11-13H2,1-2H3/t19-/m0/s1. The quantitative estimate of drug-likeness (QED) is 0.412. The summed E-state index contributed by atoms with van der Waals surface area (Å²) in [7, 11) is 3.00. The zero-order chi connectivity index (χ0) is 23.7. The van der Waals surface area contributed by atoms with Gasteiger partial charge < -0.3 is 9.47 Å². The number of rotatable bonds is 6. The summed E-state index contributed by atoms with van der Waals surface area (Å²) >= 11 is 0. The van der Waals surface area contributed by atoms with Crippen molar-refractivity contribution in [3.63, 3.8) is 0 Å². The summed E-state index contributed by atoms with van der Waals surface area (Å²) in [6.07, 6.45) is 3.27. The molecular formula is C25H22N6O3. The Labute approximate surface area is 196 Å². The minimum Gasteiger partial charge on any atom is -0.494 e. The average Bonchev–Trinajstić information content (AvgIpc) is 3.58. The lowest BCUT2D eigenvalue weighted by atomic mass is 10.0. The van der Waals surface area contributed by atoms with Crippen LogP contribution in [0.25, 0.3) is 16.9 Å². The van der Waals surface area contributed by atoms with Crippen LogP contribution in [0.1, 0.15) is 28.6 Å². The SMILES string of the molecule is COC(=O)Cc1cn([C@@H]2Cc3nn(-c4ccccc4OC)c(-c4ccc(C#N)cc4)c3C2)nn1. The van der Waals surface area contributed by atoms with E-state index in [-0.39, 0.29) is 18.4 Å². The van der Waals surface area contributed by atoms with Crippen LogP contribution in [-0.2, 0) is 28.8 Å². The highest BCUT2D eigenvalue weighted by Crippen LogP contribution is 2.39. The van der Waals surface area contributed by atoms with Crippen LogP contribution >= 0.6 is 0 Å². The van der Waals surface area contributed by atoms with Gasteiger partial charge in [-0.05, 0) is 30.7 Å². The molecule has 0 N–H and O–H groups in total. The Kier molecular flexibility index (Phi) is 5.55. The minimum atomic E-state index is -0.349. The van der Waals surface area contributed by atoms with Crippen LogP contribution < -0.4 is 4.74 Å². The fraction of sp³-hybridized carbons (Fsp3) is 0.240. The molecule has 1 aliphatic rings. The second kappa shape index (κ2) is 8.83. The lowest BCUT2D eigenvalue weighted by molar-refractivity contribution is -0.139. The molecule has 0 saturated heterocycles. The van der Waals surface area contributed by atoms with Gasteiger partial charge >= 0.3 is 5.97 Å². The molecule has 0 amide bonds. The highest BCUT2D eigenvalue weighted by molar-refractivity contribution is 5.72. The zero-order valence-corrected chi connectivity index (χ0v) is 18.8. The molecule has 170 valence electrons. The van der Waals surface area contributed by atoms with E-state index in [2.05, 4.69) is 16.4 Å². The van der Waals surface area contributed by atoms with Crippen molar-refractivity contribution in [1.82, 2.24) is 24.8 Å². The van der Waals surface area contributed by atoms with Gasteiger partial charge in [-0.3, -0.25) is 4.79 Å². The maximum Gasteiger partial charge on any atom is 0.311 e. The molecule has 5 rings (SSSR count). The zero-order valence-electron chi connectivity index (χ0n) is 18.8. The predicted molar refractivity (Wildman–Crippen MR) is 122 cm³/mol. The first-order valence-electron chi connectivity index (χ1n) is 10.8. The van der Waals surface area contributed by atoms with E-state index in [9.17, 15) is 10.1 Å². The maximum absolute atomic E-state index is 11.6. The fourth-order valence-electron chi connectivity index (χ4n) is 4.36. The van der Waals surface area contributed by atoms with Crippen LogP contribution in [0.3, 0.4) is 0 Å². The number of benzene rings is 2. The molecule has 2 aromatic heterocycles. The summed E-state index contributed by atoms with van der Waals surface area (Å²) in [5.74, 6) is 0.372. The van der Waals surface area contributed by atoms with Crippen molar-refractivity contribution in [2.75, 3.05) is 14.2 Å². The van der Waals surface area contributed by atoms with Gasteiger partial charge in [0.25, 0.3) is 0 Å². The molecule has 1 aliphatic carbocycles. The third-order valence-electron chi connectivity index (χ3n) is 6.02. The van der Waals surface area contributed by atoms with Gasteiger partial charge in [-0.1, -0.05) is 29.5 Å². The number of carbonyl (C=O) groups excluding carboxylic acids is 1. The summed E-state index contributed by atoms with van der Waals surface area (Å²) in [5, 5.41) is 22.6. The molecule has 9 nitrogen and oxygen atoms in total. The molecule has 9 heteroatoms. The molecule has 4 aromatic rings. The van der Waals surface area contributed by atoms with Gasteiger partial charge in [0, 0.05) is 23.7 Å². The van der Waals surface area contributed by atoms with E-state index in [1.54, 1.807) is 18.0 Å². The summed E-state index contributed by atoms with van der Waals surface area (Å²) < 4.78 is 14.0. The summed E-state index contributed by atoms with van der Waals surface area (Å²) in [6, 6.07) is 17.5. The number of hydrogen-bond donors (Lipinski definition) is 0. The number of ether oxygens (including phenoxy) is 2. The molecule has 0 saturated carbocycles. The minimum absolute atomic E-state index is 0.0425. The van der Waals surface area contributed by atoms with Crippen LogP contribution in [0.4, 0.5) is 0 Å². The molecule has 0 spiro atoms. The topological polar surface area (TPSA) is 108 Å². The molecule has 2 aromatic carbocycles. The molecule has 0 aliphatic heterocycles. The number of nitriles is 1. The van der Waals surface area contributed by atoms with E-state index >= 15 is 0 Å². The van der Waals surface area contributed by atoms with E-state index in [0.29, 0.717) is 24.1 Å². The van der Waals surface area contributed by atoms with Crippen LogP contribution in [0.5, 0.6) is 5.75 Å². The van der Waals surface area contributed by atoms with E-state index in [1.165, 1.54) is 7.11 Å². The van der Waals surface area contributed by atoms with Crippen LogP contribution in [0, 0.1) is 11.3 Å². The lowest BCUT2D eigenvalue weighted by Gasteiger charge is -2.15. The van der Waals surface area contributed by atoms with Gasteiger partial charge in [0.2, 0.25) is 0 Å². The Bertz CT molecular complexity index is 1400. The van der Waals surface area contributed by atoms with Crippen molar-refractivity contribution in [3.05, 3.63) is 77.2 Å². The number of methoxy groups -OCH3 is 2. The first-order chi connectivity index (χ1) is 16.6. The van der Waals surface area contributed by atoms with Gasteiger partial charge in [0.15, 0.2) is 0 Å². The molecule has 34 heavy (non-hydrogen) atoms. The van der Waals surface area contributed by atoms with Crippen molar-refractivity contribution in [3.8, 4) is 28.8 Å². The van der Waals surface area contributed by atoms with Gasteiger partial charge in [-0.15, -0.1) is 5.10 Å². The third kappa shape index (κ3) is 3.79. The molecule has 2 heterocycles. The van der Waals surface area contributed by atoms with Crippen LogP contribution in [0.2, 0.25) is 0 Å². The van der Waals surface area contributed by atoms with E-state index < -0.39 is 0 Å². The highest BCUT2D eigenvalue weighted by Gasteiger charge is 2.32. The van der Waals surface area contributed by atoms with Crippen molar-refractivity contribution in [2.45, 2.75) is 25.3 Å². The van der Waals surface area contributed by atoms with Gasteiger partial charge in [0.1, 0.15) is 11.4 Å². The first-order valence-corrected chi connectivity index (χ1v) is 10.8. The highest BCUT2D eigenvalue weighted by atomic mass is 16.5. The van der Waals surface area contributed by atoms with Crippen LogP contribution in [-0.4, -0.2) is 45.0 Å². The summed E-state index contributed by atoms with van der Waals surface area (Å²) in [4.78, 5) is 11.6. The number of fused-ring (bicyclic) bond motifs is 1. The Morgan fingerprint density at radius 3 is 2.68 bits per heavy atom. The fourth-order valence-corrected chi connectivity index (χ4v) is 4.36. The third-order valence-corrected chi connectivity index (χ3v) is 6.02. The monoisotopic (exact) mass is 454 g/mol.